The SMILES string of the molecule is CCc1cc(=O)[nH]c(-c2ccc(N(C)Cc3nccn3C)nc2)n1. The number of aromatic nitrogens is 5. The smallest absolute Gasteiger partial charge is 0.251 e. The fraction of sp³-hybridized carbons (Fsp3) is 0.294. The highest BCUT2D eigenvalue weighted by Crippen LogP contribution is 2.17. The van der Waals surface area contributed by atoms with Crippen molar-refractivity contribution in [2.24, 2.45) is 7.05 Å². The first-order chi connectivity index (χ1) is 11.6. The molecule has 1 N–H and O–H groups in total. The number of pyridine rings is 1. The average molecular weight is 324 g/mol. The maximum absolute atomic E-state index is 11.7. The lowest BCUT2D eigenvalue weighted by Gasteiger charge is -2.18. The number of H-pyrrole nitrogens is 1. The predicted octanol–water partition coefficient (Wildman–Crippen LogP) is 1.76. The number of imidazole rings is 1. The molecule has 0 spiro atoms. The van der Waals surface area contributed by atoms with Gasteiger partial charge in [0.2, 0.25) is 0 Å². The highest BCUT2D eigenvalue weighted by atomic mass is 16.1. The third-order valence-electron chi connectivity index (χ3n) is 3.87. The second kappa shape index (κ2) is 6.66. The highest BCUT2D eigenvalue weighted by Gasteiger charge is 2.09. The van der Waals surface area contributed by atoms with Gasteiger partial charge in [0.15, 0.2) is 0 Å². The van der Waals surface area contributed by atoms with E-state index < -0.39 is 0 Å². The van der Waals surface area contributed by atoms with Gasteiger partial charge in [0.1, 0.15) is 17.5 Å². The third-order valence-corrected chi connectivity index (χ3v) is 3.87. The summed E-state index contributed by atoms with van der Waals surface area (Å²) >= 11 is 0. The van der Waals surface area contributed by atoms with E-state index in [4.69, 9.17) is 0 Å². The van der Waals surface area contributed by atoms with Gasteiger partial charge in [-0.25, -0.2) is 15.0 Å². The second-order valence-electron chi connectivity index (χ2n) is 5.65. The minimum atomic E-state index is -0.146. The summed E-state index contributed by atoms with van der Waals surface area (Å²) in [6.07, 6.45) is 6.14. The molecule has 0 aliphatic carbocycles. The summed E-state index contributed by atoms with van der Waals surface area (Å²) in [5.41, 5.74) is 1.41. The van der Waals surface area contributed by atoms with Crippen molar-refractivity contribution < 1.29 is 0 Å². The molecule has 124 valence electrons. The van der Waals surface area contributed by atoms with E-state index in [1.807, 2.05) is 48.8 Å². The normalized spacial score (nSPS) is 10.8. The van der Waals surface area contributed by atoms with Crippen molar-refractivity contribution in [2.75, 3.05) is 11.9 Å². The zero-order valence-corrected chi connectivity index (χ0v) is 14.0. The van der Waals surface area contributed by atoms with Crippen LogP contribution in [0.1, 0.15) is 18.4 Å². The average Bonchev–Trinajstić information content (AvgIpc) is 2.99. The second-order valence-corrected chi connectivity index (χ2v) is 5.65. The maximum atomic E-state index is 11.7. The molecular weight excluding hydrogens is 304 g/mol. The van der Waals surface area contributed by atoms with E-state index in [-0.39, 0.29) is 5.56 Å². The van der Waals surface area contributed by atoms with Crippen LogP contribution in [0.25, 0.3) is 11.4 Å². The lowest BCUT2D eigenvalue weighted by molar-refractivity contribution is 0.755. The summed E-state index contributed by atoms with van der Waals surface area (Å²) in [4.78, 5) is 29.7. The molecule has 7 nitrogen and oxygen atoms in total. The summed E-state index contributed by atoms with van der Waals surface area (Å²) in [7, 11) is 3.93. The molecule has 0 saturated heterocycles. The molecule has 24 heavy (non-hydrogen) atoms. The molecule has 0 aliphatic rings. The summed E-state index contributed by atoms with van der Waals surface area (Å²) in [6, 6.07) is 5.35. The minimum absolute atomic E-state index is 0.146. The van der Waals surface area contributed by atoms with Crippen LogP contribution in [0.3, 0.4) is 0 Å². The molecule has 0 radical (unpaired) electrons. The van der Waals surface area contributed by atoms with Crippen LogP contribution in [0.5, 0.6) is 0 Å². The van der Waals surface area contributed by atoms with Gasteiger partial charge >= 0.3 is 0 Å². The number of nitrogens with one attached hydrogen (secondary N) is 1. The van der Waals surface area contributed by atoms with E-state index in [9.17, 15) is 4.79 Å². The topological polar surface area (TPSA) is 79.7 Å². The van der Waals surface area contributed by atoms with E-state index in [1.54, 1.807) is 12.4 Å². The zero-order valence-electron chi connectivity index (χ0n) is 14.0. The molecule has 0 bridgehead atoms. The van der Waals surface area contributed by atoms with Crippen LogP contribution in [0.4, 0.5) is 5.82 Å². The standard InChI is InChI=1S/C17H20N6O/c1-4-13-9-16(24)21-17(20-13)12-5-6-14(19-10-12)23(3)11-15-18-7-8-22(15)2/h5-10H,4,11H2,1-3H3,(H,20,21,24). The van der Waals surface area contributed by atoms with E-state index in [2.05, 4.69) is 19.9 Å². The molecule has 3 rings (SSSR count). The largest absolute Gasteiger partial charge is 0.352 e. The lowest BCUT2D eigenvalue weighted by atomic mass is 10.2. The summed E-state index contributed by atoms with van der Waals surface area (Å²) in [6.45, 7) is 2.63. The molecule has 0 saturated carbocycles. The predicted molar refractivity (Wildman–Crippen MR) is 92.8 cm³/mol. The number of aryl methyl sites for hydroxylation is 2. The quantitative estimate of drug-likeness (QED) is 0.773. The molecule has 0 aromatic carbocycles. The molecule has 3 aromatic heterocycles. The highest BCUT2D eigenvalue weighted by molar-refractivity contribution is 5.56. The van der Waals surface area contributed by atoms with Crippen LogP contribution in [0, 0.1) is 0 Å². The Morgan fingerprint density at radius 3 is 2.75 bits per heavy atom. The Hall–Kier alpha value is -2.96. The zero-order chi connectivity index (χ0) is 17.1. The van der Waals surface area contributed by atoms with Gasteiger partial charge in [-0.1, -0.05) is 6.92 Å². The molecule has 0 amide bonds. The van der Waals surface area contributed by atoms with Gasteiger partial charge in [-0.2, -0.15) is 0 Å². The number of anilines is 1. The molecule has 7 heteroatoms. The molecule has 0 aliphatic heterocycles. The summed E-state index contributed by atoms with van der Waals surface area (Å²) < 4.78 is 1.98. The van der Waals surface area contributed by atoms with E-state index in [1.165, 1.54) is 6.07 Å². The molecular formula is C17H20N6O. The fourth-order valence-corrected chi connectivity index (χ4v) is 2.42. The van der Waals surface area contributed by atoms with Crippen LogP contribution < -0.4 is 10.5 Å². The number of aromatic amines is 1. The minimum Gasteiger partial charge on any atom is -0.352 e. The van der Waals surface area contributed by atoms with Crippen molar-refractivity contribution in [1.29, 1.82) is 0 Å². The van der Waals surface area contributed by atoms with Crippen LogP contribution in [0.15, 0.2) is 41.6 Å². The van der Waals surface area contributed by atoms with Gasteiger partial charge in [-0.05, 0) is 18.6 Å². The van der Waals surface area contributed by atoms with Crippen molar-refractivity contribution >= 4 is 5.82 Å². The Morgan fingerprint density at radius 2 is 2.12 bits per heavy atom. The van der Waals surface area contributed by atoms with Gasteiger partial charge in [0.05, 0.1) is 6.54 Å². The Bertz CT molecular complexity index is 881. The van der Waals surface area contributed by atoms with E-state index in [0.717, 1.165) is 29.3 Å². The lowest BCUT2D eigenvalue weighted by Crippen LogP contribution is -2.20. The Morgan fingerprint density at radius 1 is 1.29 bits per heavy atom. The third kappa shape index (κ3) is 3.34. The van der Waals surface area contributed by atoms with Gasteiger partial charge in [0, 0.05) is 50.0 Å². The molecule has 0 atom stereocenters. The number of nitrogens with zero attached hydrogens (tertiary/aromatic N) is 5. The maximum Gasteiger partial charge on any atom is 0.251 e. The molecule has 3 heterocycles. The van der Waals surface area contributed by atoms with Gasteiger partial charge in [0.25, 0.3) is 5.56 Å². The van der Waals surface area contributed by atoms with Crippen molar-refractivity contribution in [3.8, 4) is 11.4 Å². The van der Waals surface area contributed by atoms with E-state index in [0.29, 0.717) is 12.4 Å². The first-order valence-electron chi connectivity index (χ1n) is 7.81. The van der Waals surface area contributed by atoms with E-state index >= 15 is 0 Å². The Labute approximate surface area is 140 Å². The fourth-order valence-electron chi connectivity index (χ4n) is 2.42. The Kier molecular flexibility index (Phi) is 4.41. The van der Waals surface area contributed by atoms with Crippen LogP contribution in [0.2, 0.25) is 0 Å². The first-order valence-corrected chi connectivity index (χ1v) is 7.81. The monoisotopic (exact) mass is 324 g/mol. The van der Waals surface area contributed by atoms with Crippen molar-refractivity contribution in [3.05, 3.63) is 58.7 Å². The van der Waals surface area contributed by atoms with Crippen molar-refractivity contribution in [1.82, 2.24) is 24.5 Å². The van der Waals surface area contributed by atoms with Crippen molar-refractivity contribution in [3.63, 3.8) is 0 Å². The van der Waals surface area contributed by atoms with Gasteiger partial charge < -0.3 is 14.5 Å². The van der Waals surface area contributed by atoms with Gasteiger partial charge in [-0.15, -0.1) is 0 Å². The van der Waals surface area contributed by atoms with Crippen LogP contribution in [-0.2, 0) is 20.0 Å². The summed E-state index contributed by atoms with van der Waals surface area (Å²) in [5, 5.41) is 0. The number of hydrogen-bond acceptors (Lipinski definition) is 5. The molecule has 3 aromatic rings. The van der Waals surface area contributed by atoms with Crippen molar-refractivity contribution in [2.45, 2.75) is 19.9 Å². The van der Waals surface area contributed by atoms with Crippen LogP contribution in [-0.4, -0.2) is 31.6 Å². The Balaban J connectivity index is 1.81. The van der Waals surface area contributed by atoms with Crippen LogP contribution >= 0.6 is 0 Å². The number of rotatable bonds is 5. The van der Waals surface area contributed by atoms with Gasteiger partial charge in [-0.3, -0.25) is 4.79 Å². The molecule has 0 fully saturated rings. The summed E-state index contributed by atoms with van der Waals surface area (Å²) in [5.74, 6) is 2.34. The number of hydrogen-bond donors (Lipinski definition) is 1. The first kappa shape index (κ1) is 15.9. The molecule has 0 unspecified atom stereocenters.